The molecule has 1 aliphatic rings. The summed E-state index contributed by atoms with van der Waals surface area (Å²) in [6.07, 6.45) is 11.4. The van der Waals surface area contributed by atoms with Crippen molar-refractivity contribution in [2.24, 2.45) is 5.92 Å². The smallest absolute Gasteiger partial charge is 0.136 e. The molecule has 1 fully saturated rings. The van der Waals surface area contributed by atoms with Crippen molar-refractivity contribution in [1.82, 2.24) is 0 Å². The van der Waals surface area contributed by atoms with Gasteiger partial charge in [-0.15, -0.1) is 0 Å². The molecule has 0 unspecified atom stereocenters. The van der Waals surface area contributed by atoms with Crippen molar-refractivity contribution in [2.75, 3.05) is 0 Å². The van der Waals surface area contributed by atoms with Crippen LogP contribution in [-0.2, 0) is 4.79 Å². The van der Waals surface area contributed by atoms with Crippen LogP contribution in [0.15, 0.2) is 0 Å². The molecule has 0 N–H and O–H groups in total. The summed E-state index contributed by atoms with van der Waals surface area (Å²) in [6, 6.07) is 0. The molecule has 1 nitrogen and oxygen atoms in total. The van der Waals surface area contributed by atoms with E-state index in [1.54, 1.807) is 0 Å². The molecular weight excluding hydrogens is 160 g/mol. The molecule has 0 heterocycles. The predicted molar refractivity (Wildman–Crippen MR) is 55.4 cm³/mol. The average molecular weight is 181 g/mol. The van der Waals surface area contributed by atoms with E-state index in [0.29, 0.717) is 0 Å². The molecule has 0 amide bonds. The van der Waals surface area contributed by atoms with Crippen LogP contribution in [0.5, 0.6) is 0 Å². The Kier molecular flexibility index (Phi) is 5.10. The minimum Gasteiger partial charge on any atom is -0.299 e. The Bertz CT molecular complexity index is 141. The molecule has 1 aliphatic carbocycles. The van der Waals surface area contributed by atoms with E-state index < -0.39 is 0 Å². The quantitative estimate of drug-likeness (QED) is 0.605. The minimum atomic E-state index is 0.167. The molecule has 0 aromatic rings. The fourth-order valence-corrected chi connectivity index (χ4v) is 2.13. The molecule has 0 spiro atoms. The van der Waals surface area contributed by atoms with Crippen molar-refractivity contribution in [1.29, 1.82) is 0 Å². The lowest BCUT2D eigenvalue weighted by Gasteiger charge is -2.15. The molecular formula is C12H21O. The van der Waals surface area contributed by atoms with Gasteiger partial charge in [0.1, 0.15) is 5.78 Å². The highest BCUT2D eigenvalue weighted by atomic mass is 16.1. The van der Waals surface area contributed by atoms with Gasteiger partial charge in [0.15, 0.2) is 0 Å². The maximum Gasteiger partial charge on any atom is 0.136 e. The number of hydrogen-bond acceptors (Lipinski definition) is 1. The summed E-state index contributed by atoms with van der Waals surface area (Å²) in [6.45, 7) is 3.55. The molecule has 1 radical (unpaired) electrons. The summed E-state index contributed by atoms with van der Waals surface area (Å²) < 4.78 is 0. The summed E-state index contributed by atoms with van der Waals surface area (Å²) in [5.74, 6) is 0.443. The Morgan fingerprint density at radius 1 is 0.846 bits per heavy atom. The topological polar surface area (TPSA) is 17.1 Å². The highest BCUT2D eigenvalue weighted by Gasteiger charge is 2.13. The zero-order valence-corrected chi connectivity index (χ0v) is 8.56. The summed E-state index contributed by atoms with van der Waals surface area (Å²) in [5.41, 5.74) is 0. The second-order valence-electron chi connectivity index (χ2n) is 4.22. The van der Waals surface area contributed by atoms with E-state index in [9.17, 15) is 4.79 Å². The fraction of sp³-hybridized carbons (Fsp3) is 0.833. The molecule has 0 atom stereocenters. The summed E-state index contributed by atoms with van der Waals surface area (Å²) in [7, 11) is 0. The monoisotopic (exact) mass is 181 g/mol. The minimum absolute atomic E-state index is 0.167. The van der Waals surface area contributed by atoms with Gasteiger partial charge in [-0.25, -0.2) is 0 Å². The maximum atomic E-state index is 11.2. The highest BCUT2D eigenvalue weighted by molar-refractivity contribution is 5.84. The van der Waals surface area contributed by atoms with E-state index in [2.05, 4.69) is 6.92 Å². The molecule has 0 aliphatic heterocycles. The van der Waals surface area contributed by atoms with Gasteiger partial charge in [0, 0.05) is 12.8 Å². The van der Waals surface area contributed by atoms with Gasteiger partial charge < -0.3 is 0 Å². The summed E-state index contributed by atoms with van der Waals surface area (Å²) in [5, 5.41) is 0. The zero-order chi connectivity index (χ0) is 9.52. The lowest BCUT2D eigenvalue weighted by molar-refractivity contribution is -0.119. The Balaban J connectivity index is 2.30. The number of carbonyl (C=O) groups excluding carboxylic acids is 1. The lowest BCUT2D eigenvalue weighted by Crippen LogP contribution is -2.11. The Labute approximate surface area is 81.9 Å². The number of rotatable bonds is 1. The molecule has 75 valence electrons. The molecule has 1 rings (SSSR count). The van der Waals surface area contributed by atoms with E-state index in [4.69, 9.17) is 0 Å². The normalized spacial score (nSPS) is 22.5. The Morgan fingerprint density at radius 2 is 1.23 bits per heavy atom. The van der Waals surface area contributed by atoms with Gasteiger partial charge in [0.05, 0.1) is 0 Å². The van der Waals surface area contributed by atoms with Crippen molar-refractivity contribution in [3.05, 3.63) is 6.92 Å². The molecule has 0 aromatic carbocycles. The highest BCUT2D eigenvalue weighted by Crippen LogP contribution is 2.21. The molecule has 0 bridgehead atoms. The van der Waals surface area contributed by atoms with Crippen molar-refractivity contribution in [3.63, 3.8) is 0 Å². The maximum absolute atomic E-state index is 11.2. The van der Waals surface area contributed by atoms with E-state index in [1.807, 2.05) is 0 Å². The number of Topliss-reactive ketones (excluding diaryl/α,β-unsaturated/α-hetero) is 1. The zero-order valence-electron chi connectivity index (χ0n) is 8.56. The first-order valence-corrected chi connectivity index (χ1v) is 5.66. The Hall–Kier alpha value is -0.330. The molecule has 1 heteroatoms. The van der Waals surface area contributed by atoms with Crippen LogP contribution in [0, 0.1) is 12.8 Å². The Morgan fingerprint density at radius 3 is 1.62 bits per heavy atom. The van der Waals surface area contributed by atoms with E-state index in [-0.39, 0.29) is 11.7 Å². The average Bonchev–Trinajstić information content (AvgIpc) is 2.14. The first-order valence-electron chi connectivity index (χ1n) is 5.66. The SMILES string of the molecule is [CH2]C(=O)C1CCCCCCCCC1. The third kappa shape index (κ3) is 4.44. The first-order chi connectivity index (χ1) is 6.30. The third-order valence-electron chi connectivity index (χ3n) is 3.06. The van der Waals surface area contributed by atoms with Gasteiger partial charge in [-0.05, 0) is 12.8 Å². The van der Waals surface area contributed by atoms with Crippen LogP contribution in [0.25, 0.3) is 0 Å². The number of hydrogen-bond donors (Lipinski definition) is 0. The van der Waals surface area contributed by atoms with Gasteiger partial charge in [-0.3, -0.25) is 4.79 Å². The van der Waals surface area contributed by atoms with Gasteiger partial charge in [-0.2, -0.15) is 0 Å². The van der Waals surface area contributed by atoms with Crippen LogP contribution in [-0.4, -0.2) is 5.78 Å². The summed E-state index contributed by atoms with van der Waals surface area (Å²) >= 11 is 0. The van der Waals surface area contributed by atoms with E-state index >= 15 is 0 Å². The van der Waals surface area contributed by atoms with Gasteiger partial charge in [0.2, 0.25) is 0 Å². The molecule has 0 aromatic heterocycles. The van der Waals surface area contributed by atoms with Crippen molar-refractivity contribution >= 4 is 5.78 Å². The van der Waals surface area contributed by atoms with Crippen LogP contribution in [0.4, 0.5) is 0 Å². The van der Waals surface area contributed by atoms with Gasteiger partial charge in [-0.1, -0.05) is 44.9 Å². The van der Waals surface area contributed by atoms with Crippen LogP contribution >= 0.6 is 0 Å². The van der Waals surface area contributed by atoms with Crippen molar-refractivity contribution < 1.29 is 4.79 Å². The largest absolute Gasteiger partial charge is 0.299 e. The second kappa shape index (κ2) is 6.17. The molecule has 1 saturated carbocycles. The van der Waals surface area contributed by atoms with Crippen molar-refractivity contribution in [2.45, 2.75) is 57.8 Å². The van der Waals surface area contributed by atoms with Crippen LogP contribution in [0.3, 0.4) is 0 Å². The number of ketones is 1. The fourth-order valence-electron chi connectivity index (χ4n) is 2.13. The van der Waals surface area contributed by atoms with Crippen molar-refractivity contribution in [3.8, 4) is 0 Å². The number of carbonyl (C=O) groups is 1. The van der Waals surface area contributed by atoms with Crippen LogP contribution in [0.1, 0.15) is 57.8 Å². The molecule has 0 saturated heterocycles. The van der Waals surface area contributed by atoms with E-state index in [1.165, 1.54) is 44.9 Å². The van der Waals surface area contributed by atoms with Gasteiger partial charge in [0.25, 0.3) is 0 Å². The second-order valence-corrected chi connectivity index (χ2v) is 4.22. The molecule has 13 heavy (non-hydrogen) atoms. The van der Waals surface area contributed by atoms with E-state index in [0.717, 1.165) is 12.8 Å². The summed E-state index contributed by atoms with van der Waals surface area (Å²) in [4.78, 5) is 11.2. The third-order valence-corrected chi connectivity index (χ3v) is 3.06. The van der Waals surface area contributed by atoms with Crippen LogP contribution in [0.2, 0.25) is 0 Å². The standard InChI is InChI=1S/C12H21O/c1-11(13)12-9-7-5-3-2-4-6-8-10-12/h12H,1-10H2. The van der Waals surface area contributed by atoms with Gasteiger partial charge >= 0.3 is 0 Å². The lowest BCUT2D eigenvalue weighted by atomic mass is 9.90. The van der Waals surface area contributed by atoms with Crippen LogP contribution < -0.4 is 0 Å². The predicted octanol–water partition coefficient (Wildman–Crippen LogP) is 3.53. The first kappa shape index (κ1) is 10.7.